The van der Waals surface area contributed by atoms with Gasteiger partial charge in [0.05, 0.1) is 6.17 Å². The monoisotopic (exact) mass is 256 g/mol. The zero-order valence-electron chi connectivity index (χ0n) is 11.9. The van der Waals surface area contributed by atoms with Gasteiger partial charge >= 0.3 is 0 Å². The summed E-state index contributed by atoms with van der Waals surface area (Å²) in [5.74, 6) is 0. The van der Waals surface area contributed by atoms with E-state index in [0.717, 1.165) is 0 Å². The van der Waals surface area contributed by atoms with Crippen LogP contribution in [-0.4, -0.2) is 30.2 Å². The van der Waals surface area contributed by atoms with Crippen LogP contribution in [0, 0.1) is 0 Å². The van der Waals surface area contributed by atoms with Crippen LogP contribution in [0.15, 0.2) is 42.5 Å². The molecule has 2 heterocycles. The van der Waals surface area contributed by atoms with Crippen LogP contribution in [0.5, 0.6) is 0 Å². The molecule has 0 spiro atoms. The van der Waals surface area contributed by atoms with Gasteiger partial charge in [0, 0.05) is 24.8 Å². The third-order valence-electron chi connectivity index (χ3n) is 4.48. The van der Waals surface area contributed by atoms with Crippen molar-refractivity contribution in [3.8, 4) is 0 Å². The van der Waals surface area contributed by atoms with Crippen LogP contribution in [-0.2, 0) is 0 Å². The Morgan fingerprint density at radius 3 is 2.74 bits per heavy atom. The molecule has 19 heavy (non-hydrogen) atoms. The highest BCUT2D eigenvalue weighted by molar-refractivity contribution is 5.48. The summed E-state index contributed by atoms with van der Waals surface area (Å²) in [7, 11) is 0. The molecule has 2 nitrogen and oxygen atoms in total. The second-order valence-corrected chi connectivity index (χ2v) is 5.99. The third-order valence-corrected chi connectivity index (χ3v) is 4.48. The Balaban J connectivity index is 1.77. The predicted octanol–water partition coefficient (Wildman–Crippen LogP) is 3.65. The standard InChI is InChI=1S/C17H24N2/c1-14(2)13-16-9-6-10-17-18(11-12-19(16)17)15-7-4-3-5-8-15/h3-5,7-8,16-17H,1,6,9-13H2,2H3. The van der Waals surface area contributed by atoms with Gasteiger partial charge in [-0.1, -0.05) is 23.8 Å². The first-order valence-corrected chi connectivity index (χ1v) is 7.47. The van der Waals surface area contributed by atoms with Crippen molar-refractivity contribution in [1.82, 2.24) is 4.90 Å². The van der Waals surface area contributed by atoms with Crippen molar-refractivity contribution in [2.75, 3.05) is 18.0 Å². The van der Waals surface area contributed by atoms with Crippen molar-refractivity contribution in [2.45, 2.75) is 44.8 Å². The molecule has 1 aromatic rings. The lowest BCUT2D eigenvalue weighted by atomic mass is 9.95. The van der Waals surface area contributed by atoms with E-state index >= 15 is 0 Å². The second-order valence-electron chi connectivity index (χ2n) is 5.99. The molecule has 2 aliphatic heterocycles. The van der Waals surface area contributed by atoms with Crippen LogP contribution in [0.1, 0.15) is 32.6 Å². The van der Waals surface area contributed by atoms with E-state index in [0.29, 0.717) is 12.2 Å². The molecule has 3 rings (SSSR count). The van der Waals surface area contributed by atoms with Gasteiger partial charge in [-0.25, -0.2) is 0 Å². The Kier molecular flexibility index (Phi) is 3.61. The Labute approximate surface area is 116 Å². The Morgan fingerprint density at radius 1 is 1.21 bits per heavy atom. The highest BCUT2D eigenvalue weighted by Crippen LogP contribution is 2.34. The molecule has 2 fully saturated rings. The first-order chi connectivity index (χ1) is 9.25. The number of fused-ring (bicyclic) bond motifs is 1. The highest BCUT2D eigenvalue weighted by atomic mass is 15.4. The molecule has 2 unspecified atom stereocenters. The summed E-state index contributed by atoms with van der Waals surface area (Å²) in [6.45, 7) is 8.64. The average Bonchev–Trinajstić information content (AvgIpc) is 2.84. The maximum Gasteiger partial charge on any atom is 0.0824 e. The van der Waals surface area contributed by atoms with E-state index in [2.05, 4.69) is 53.6 Å². The molecule has 2 heteroatoms. The van der Waals surface area contributed by atoms with E-state index in [4.69, 9.17) is 0 Å². The number of hydrogen-bond donors (Lipinski definition) is 0. The lowest BCUT2D eigenvalue weighted by molar-refractivity contribution is 0.124. The molecule has 1 aromatic carbocycles. The number of nitrogens with zero attached hydrogens (tertiary/aromatic N) is 2. The van der Waals surface area contributed by atoms with Crippen LogP contribution in [0.4, 0.5) is 5.69 Å². The van der Waals surface area contributed by atoms with Crippen molar-refractivity contribution in [1.29, 1.82) is 0 Å². The third kappa shape index (κ3) is 2.55. The van der Waals surface area contributed by atoms with Crippen molar-refractivity contribution in [3.63, 3.8) is 0 Å². The molecule has 0 aliphatic carbocycles. The Hall–Kier alpha value is -1.28. The molecule has 0 bridgehead atoms. The van der Waals surface area contributed by atoms with Gasteiger partial charge in [-0.2, -0.15) is 0 Å². The molecule has 102 valence electrons. The van der Waals surface area contributed by atoms with Gasteiger partial charge in [-0.3, -0.25) is 4.90 Å². The lowest BCUT2D eigenvalue weighted by Crippen LogP contribution is -2.47. The van der Waals surface area contributed by atoms with Crippen molar-refractivity contribution in [3.05, 3.63) is 42.5 Å². The summed E-state index contributed by atoms with van der Waals surface area (Å²) in [5, 5.41) is 0. The quantitative estimate of drug-likeness (QED) is 0.762. The summed E-state index contributed by atoms with van der Waals surface area (Å²) < 4.78 is 0. The number of piperidine rings is 1. The van der Waals surface area contributed by atoms with E-state index in [9.17, 15) is 0 Å². The van der Waals surface area contributed by atoms with Gasteiger partial charge in [-0.15, -0.1) is 6.58 Å². The van der Waals surface area contributed by atoms with E-state index in [-0.39, 0.29) is 0 Å². The highest BCUT2D eigenvalue weighted by Gasteiger charge is 2.38. The van der Waals surface area contributed by atoms with Gasteiger partial charge in [-0.05, 0) is 44.7 Å². The van der Waals surface area contributed by atoms with Gasteiger partial charge in [0.25, 0.3) is 0 Å². The Bertz CT molecular complexity index is 440. The van der Waals surface area contributed by atoms with Gasteiger partial charge in [0.2, 0.25) is 0 Å². The topological polar surface area (TPSA) is 6.48 Å². The number of para-hydroxylation sites is 1. The summed E-state index contributed by atoms with van der Waals surface area (Å²) >= 11 is 0. The summed E-state index contributed by atoms with van der Waals surface area (Å²) in [6.07, 6.45) is 5.77. The summed E-state index contributed by atoms with van der Waals surface area (Å²) in [4.78, 5) is 5.30. The zero-order chi connectivity index (χ0) is 13.2. The molecular formula is C17H24N2. The second kappa shape index (κ2) is 5.38. The fraction of sp³-hybridized carbons (Fsp3) is 0.529. The molecule has 0 amide bonds. The molecule has 2 aliphatic rings. The SMILES string of the molecule is C=C(C)CC1CCCC2N(c3ccccc3)CCN12. The molecule has 2 atom stereocenters. The smallest absolute Gasteiger partial charge is 0.0824 e. The Morgan fingerprint density at radius 2 is 2.00 bits per heavy atom. The minimum Gasteiger partial charge on any atom is -0.354 e. The van der Waals surface area contributed by atoms with E-state index in [1.54, 1.807) is 0 Å². The molecular weight excluding hydrogens is 232 g/mol. The summed E-state index contributed by atoms with van der Waals surface area (Å²) in [5.41, 5.74) is 2.70. The number of rotatable bonds is 3. The van der Waals surface area contributed by atoms with Crippen LogP contribution < -0.4 is 4.90 Å². The van der Waals surface area contributed by atoms with Gasteiger partial charge in [0.1, 0.15) is 0 Å². The van der Waals surface area contributed by atoms with Crippen LogP contribution >= 0.6 is 0 Å². The maximum atomic E-state index is 4.10. The molecule has 0 aromatic heterocycles. The lowest BCUT2D eigenvalue weighted by Gasteiger charge is -2.40. The molecule has 0 radical (unpaired) electrons. The minimum atomic E-state index is 0.612. The largest absolute Gasteiger partial charge is 0.354 e. The van der Waals surface area contributed by atoms with E-state index < -0.39 is 0 Å². The number of anilines is 1. The minimum absolute atomic E-state index is 0.612. The van der Waals surface area contributed by atoms with Crippen LogP contribution in [0.25, 0.3) is 0 Å². The molecule has 0 N–H and O–H groups in total. The molecule has 0 saturated carbocycles. The average molecular weight is 256 g/mol. The first-order valence-electron chi connectivity index (χ1n) is 7.47. The van der Waals surface area contributed by atoms with Crippen LogP contribution in [0.3, 0.4) is 0 Å². The predicted molar refractivity (Wildman–Crippen MR) is 81.4 cm³/mol. The molecule has 2 saturated heterocycles. The number of benzene rings is 1. The maximum absolute atomic E-state index is 4.10. The van der Waals surface area contributed by atoms with Crippen molar-refractivity contribution in [2.24, 2.45) is 0 Å². The first kappa shape index (κ1) is 12.7. The van der Waals surface area contributed by atoms with E-state index in [1.165, 1.54) is 50.0 Å². The fourth-order valence-electron chi connectivity index (χ4n) is 3.69. The van der Waals surface area contributed by atoms with Gasteiger partial charge in [0.15, 0.2) is 0 Å². The van der Waals surface area contributed by atoms with Crippen molar-refractivity contribution >= 4 is 5.69 Å². The number of hydrogen-bond acceptors (Lipinski definition) is 2. The summed E-state index contributed by atoms with van der Waals surface area (Å²) in [6, 6.07) is 11.6. The van der Waals surface area contributed by atoms with Crippen molar-refractivity contribution < 1.29 is 0 Å². The van der Waals surface area contributed by atoms with E-state index in [1.807, 2.05) is 0 Å². The normalized spacial score (nSPS) is 27.3. The fourth-order valence-corrected chi connectivity index (χ4v) is 3.69. The zero-order valence-corrected chi connectivity index (χ0v) is 11.9. The van der Waals surface area contributed by atoms with Crippen LogP contribution in [0.2, 0.25) is 0 Å². The van der Waals surface area contributed by atoms with Gasteiger partial charge < -0.3 is 4.90 Å².